The molecule has 22 heavy (non-hydrogen) atoms. The van der Waals surface area contributed by atoms with Gasteiger partial charge in [-0.1, -0.05) is 35.9 Å². The van der Waals surface area contributed by atoms with Gasteiger partial charge in [0.25, 0.3) is 5.91 Å². The normalized spacial score (nSPS) is 16.7. The van der Waals surface area contributed by atoms with Crippen LogP contribution in [0.4, 0.5) is 0 Å². The molecule has 3 heterocycles. The molecule has 2 aliphatic heterocycles. The molecule has 0 unspecified atom stereocenters. The van der Waals surface area contributed by atoms with Crippen LogP contribution in [-0.4, -0.2) is 33.7 Å². The Balaban J connectivity index is 1.62. The summed E-state index contributed by atoms with van der Waals surface area (Å²) in [6.07, 6.45) is 1.75. The van der Waals surface area contributed by atoms with Gasteiger partial charge in [0.05, 0.1) is 6.61 Å². The number of halogens is 1. The van der Waals surface area contributed by atoms with Crippen molar-refractivity contribution >= 4 is 17.5 Å². The summed E-state index contributed by atoms with van der Waals surface area (Å²) in [7, 11) is 0. The minimum atomic E-state index is -0.120. The molecule has 2 aliphatic rings. The number of hydrogen-bond acceptors (Lipinski definition) is 3. The maximum atomic E-state index is 12.8. The molecule has 114 valence electrons. The number of ether oxygens (including phenoxy) is 1. The molecule has 2 aromatic rings. The zero-order valence-electron chi connectivity index (χ0n) is 12.1. The van der Waals surface area contributed by atoms with Crippen LogP contribution in [0.25, 0.3) is 0 Å². The molecule has 6 heteroatoms. The van der Waals surface area contributed by atoms with Gasteiger partial charge in [-0.25, -0.2) is 4.68 Å². The average Bonchev–Trinajstić information content (AvgIpc) is 2.91. The summed E-state index contributed by atoms with van der Waals surface area (Å²) < 4.78 is 7.22. The molecule has 0 radical (unpaired) electrons. The van der Waals surface area contributed by atoms with E-state index in [0.29, 0.717) is 36.3 Å². The van der Waals surface area contributed by atoms with Crippen molar-refractivity contribution in [1.29, 1.82) is 0 Å². The lowest BCUT2D eigenvalue weighted by molar-refractivity contribution is 0.0728. The quantitative estimate of drug-likeness (QED) is 0.812. The van der Waals surface area contributed by atoms with Crippen LogP contribution in [0.1, 0.15) is 28.0 Å². The van der Waals surface area contributed by atoms with E-state index < -0.39 is 0 Å². The molecular weight excluding hydrogens is 302 g/mol. The predicted octanol–water partition coefficient (Wildman–Crippen LogP) is 2.52. The standard InChI is InChI=1S/C16H16ClN3O2/c17-13-14(18-20-7-3-9-22-16(13)20)15(21)19-8-6-11-4-1-2-5-12(11)10-19/h1-2,4-5H,3,6-10H2. The summed E-state index contributed by atoms with van der Waals surface area (Å²) >= 11 is 6.30. The second-order valence-corrected chi connectivity index (χ2v) is 6.02. The van der Waals surface area contributed by atoms with Crippen molar-refractivity contribution in [2.75, 3.05) is 13.2 Å². The highest BCUT2D eigenvalue weighted by Gasteiger charge is 2.29. The summed E-state index contributed by atoms with van der Waals surface area (Å²) in [6.45, 7) is 2.66. The molecule has 0 atom stereocenters. The first kappa shape index (κ1) is 13.6. The van der Waals surface area contributed by atoms with Gasteiger partial charge in [0.2, 0.25) is 5.88 Å². The Morgan fingerprint density at radius 2 is 2.05 bits per heavy atom. The second-order valence-electron chi connectivity index (χ2n) is 5.64. The first-order valence-corrected chi connectivity index (χ1v) is 7.87. The Labute approximate surface area is 133 Å². The van der Waals surface area contributed by atoms with Crippen LogP contribution in [0.3, 0.4) is 0 Å². The van der Waals surface area contributed by atoms with E-state index in [4.69, 9.17) is 16.3 Å². The van der Waals surface area contributed by atoms with Crippen molar-refractivity contribution in [3.63, 3.8) is 0 Å². The first-order chi connectivity index (χ1) is 10.7. The third kappa shape index (κ3) is 2.16. The Morgan fingerprint density at radius 3 is 2.86 bits per heavy atom. The van der Waals surface area contributed by atoms with Crippen molar-refractivity contribution in [3.8, 4) is 5.88 Å². The second kappa shape index (κ2) is 5.32. The van der Waals surface area contributed by atoms with Crippen LogP contribution in [-0.2, 0) is 19.5 Å². The van der Waals surface area contributed by atoms with Crippen LogP contribution in [0.5, 0.6) is 5.88 Å². The van der Waals surface area contributed by atoms with Gasteiger partial charge in [-0.15, -0.1) is 0 Å². The SMILES string of the molecule is O=C(c1nn2c(c1Cl)OCCC2)N1CCc2ccccc2C1. The fourth-order valence-electron chi connectivity index (χ4n) is 3.05. The molecule has 0 saturated carbocycles. The number of nitrogens with zero attached hydrogens (tertiary/aromatic N) is 3. The van der Waals surface area contributed by atoms with Crippen LogP contribution in [0, 0.1) is 0 Å². The molecular formula is C16H16ClN3O2. The van der Waals surface area contributed by atoms with Crippen LogP contribution < -0.4 is 4.74 Å². The number of amides is 1. The smallest absolute Gasteiger partial charge is 0.276 e. The van der Waals surface area contributed by atoms with Crippen LogP contribution >= 0.6 is 11.6 Å². The molecule has 1 aromatic heterocycles. The summed E-state index contributed by atoms with van der Waals surface area (Å²) in [4.78, 5) is 14.6. The molecule has 1 aromatic carbocycles. The fourth-order valence-corrected chi connectivity index (χ4v) is 3.32. The van der Waals surface area contributed by atoms with Gasteiger partial charge in [-0.2, -0.15) is 5.10 Å². The van der Waals surface area contributed by atoms with E-state index in [0.717, 1.165) is 19.4 Å². The highest BCUT2D eigenvalue weighted by molar-refractivity contribution is 6.34. The Kier molecular flexibility index (Phi) is 3.30. The lowest BCUT2D eigenvalue weighted by Crippen LogP contribution is -2.36. The summed E-state index contributed by atoms with van der Waals surface area (Å²) in [5, 5.41) is 4.69. The maximum Gasteiger partial charge on any atom is 0.276 e. The lowest BCUT2D eigenvalue weighted by Gasteiger charge is -2.28. The highest BCUT2D eigenvalue weighted by Crippen LogP contribution is 2.32. The molecule has 0 spiro atoms. The minimum absolute atomic E-state index is 0.120. The molecule has 0 saturated heterocycles. The average molecular weight is 318 g/mol. The summed E-state index contributed by atoms with van der Waals surface area (Å²) in [5.74, 6) is 0.402. The molecule has 0 N–H and O–H groups in total. The van der Waals surface area contributed by atoms with Crippen LogP contribution in [0.2, 0.25) is 5.02 Å². The van der Waals surface area contributed by atoms with Gasteiger partial charge in [-0.05, 0) is 17.5 Å². The fraction of sp³-hybridized carbons (Fsp3) is 0.375. The number of fused-ring (bicyclic) bond motifs is 2. The van der Waals surface area contributed by atoms with Gasteiger partial charge >= 0.3 is 0 Å². The Hall–Kier alpha value is -2.01. The zero-order chi connectivity index (χ0) is 15.1. The molecule has 0 aliphatic carbocycles. The van der Waals surface area contributed by atoms with E-state index in [1.54, 1.807) is 4.68 Å². The van der Waals surface area contributed by atoms with E-state index in [1.165, 1.54) is 11.1 Å². The van der Waals surface area contributed by atoms with E-state index in [2.05, 4.69) is 17.2 Å². The monoisotopic (exact) mass is 317 g/mol. The number of rotatable bonds is 1. The van der Waals surface area contributed by atoms with Gasteiger partial charge in [-0.3, -0.25) is 4.79 Å². The van der Waals surface area contributed by atoms with Gasteiger partial charge < -0.3 is 9.64 Å². The van der Waals surface area contributed by atoms with Crippen molar-refractivity contribution < 1.29 is 9.53 Å². The lowest BCUT2D eigenvalue weighted by atomic mass is 10.00. The van der Waals surface area contributed by atoms with Gasteiger partial charge in [0.15, 0.2) is 5.69 Å². The largest absolute Gasteiger partial charge is 0.477 e. The number of benzene rings is 1. The van der Waals surface area contributed by atoms with Crippen molar-refractivity contribution in [2.45, 2.75) is 25.9 Å². The minimum Gasteiger partial charge on any atom is -0.477 e. The number of carbonyl (C=O) groups excluding carboxylic acids is 1. The third-order valence-electron chi connectivity index (χ3n) is 4.22. The van der Waals surface area contributed by atoms with E-state index in [-0.39, 0.29) is 5.91 Å². The van der Waals surface area contributed by atoms with Crippen LogP contribution in [0.15, 0.2) is 24.3 Å². The molecule has 1 amide bonds. The third-order valence-corrected chi connectivity index (χ3v) is 4.56. The topological polar surface area (TPSA) is 47.4 Å². The van der Waals surface area contributed by atoms with Crippen molar-refractivity contribution in [2.24, 2.45) is 0 Å². The molecule has 5 nitrogen and oxygen atoms in total. The van der Waals surface area contributed by atoms with E-state index >= 15 is 0 Å². The summed E-state index contributed by atoms with van der Waals surface area (Å²) in [5.41, 5.74) is 2.81. The molecule has 0 fully saturated rings. The Bertz CT molecular complexity index is 741. The predicted molar refractivity (Wildman–Crippen MR) is 82.2 cm³/mol. The number of aromatic nitrogens is 2. The maximum absolute atomic E-state index is 12.8. The Morgan fingerprint density at radius 1 is 1.23 bits per heavy atom. The first-order valence-electron chi connectivity index (χ1n) is 7.49. The number of carbonyl (C=O) groups is 1. The highest BCUT2D eigenvalue weighted by atomic mass is 35.5. The molecule has 4 rings (SSSR count). The zero-order valence-corrected chi connectivity index (χ0v) is 12.8. The van der Waals surface area contributed by atoms with Crippen molar-refractivity contribution in [3.05, 3.63) is 46.1 Å². The van der Waals surface area contributed by atoms with E-state index in [9.17, 15) is 4.79 Å². The van der Waals surface area contributed by atoms with Crippen molar-refractivity contribution in [1.82, 2.24) is 14.7 Å². The van der Waals surface area contributed by atoms with E-state index in [1.807, 2.05) is 17.0 Å². The summed E-state index contributed by atoms with van der Waals surface area (Å²) in [6, 6.07) is 8.22. The van der Waals surface area contributed by atoms with Gasteiger partial charge in [0.1, 0.15) is 5.02 Å². The van der Waals surface area contributed by atoms with Gasteiger partial charge in [0, 0.05) is 26.1 Å². The molecule has 0 bridgehead atoms. The number of aryl methyl sites for hydroxylation is 1. The number of hydrogen-bond donors (Lipinski definition) is 0.